The Morgan fingerprint density at radius 1 is 1.03 bits per heavy atom. The van der Waals surface area contributed by atoms with Crippen molar-refractivity contribution in [2.75, 3.05) is 18.5 Å². The van der Waals surface area contributed by atoms with Gasteiger partial charge in [-0.3, -0.25) is 9.59 Å². The first-order valence-corrected chi connectivity index (χ1v) is 9.54. The molecule has 1 aromatic heterocycles. The average Bonchev–Trinajstić information content (AvgIpc) is 3.17. The van der Waals surface area contributed by atoms with E-state index >= 15 is 0 Å². The Bertz CT molecular complexity index is 983. The van der Waals surface area contributed by atoms with Gasteiger partial charge in [-0.1, -0.05) is 36.4 Å². The first-order valence-electron chi connectivity index (χ1n) is 9.54. The normalized spacial score (nSPS) is 11.5. The van der Waals surface area contributed by atoms with Gasteiger partial charge in [0, 0.05) is 17.6 Å². The van der Waals surface area contributed by atoms with Gasteiger partial charge in [-0.05, 0) is 31.2 Å². The number of para-hydroxylation sites is 2. The molecular formula is C22H23N3O5. The Kier molecular flexibility index (Phi) is 7.05. The molecule has 8 heteroatoms. The molecule has 0 fully saturated rings. The molecule has 0 radical (unpaired) electrons. The van der Waals surface area contributed by atoms with Crippen molar-refractivity contribution >= 4 is 34.6 Å². The summed E-state index contributed by atoms with van der Waals surface area (Å²) in [5.74, 6) is -0.405. The highest BCUT2D eigenvalue weighted by molar-refractivity contribution is 5.89. The molecule has 3 aromatic rings. The van der Waals surface area contributed by atoms with Crippen LogP contribution in [0, 0.1) is 0 Å². The quantitative estimate of drug-likeness (QED) is 0.494. The van der Waals surface area contributed by atoms with Crippen LogP contribution in [0.25, 0.3) is 11.0 Å². The van der Waals surface area contributed by atoms with Crippen LogP contribution in [0.3, 0.4) is 0 Å². The Hall–Kier alpha value is -3.81. The van der Waals surface area contributed by atoms with Crippen molar-refractivity contribution < 1.29 is 23.5 Å². The molecular weight excluding hydrogens is 386 g/mol. The van der Waals surface area contributed by atoms with Gasteiger partial charge < -0.3 is 25.1 Å². The topological polar surface area (TPSA) is 110 Å². The third kappa shape index (κ3) is 6.10. The largest absolute Gasteiger partial charge is 0.459 e. The summed E-state index contributed by atoms with van der Waals surface area (Å²) >= 11 is 0. The minimum atomic E-state index is -0.582. The molecule has 156 valence electrons. The van der Waals surface area contributed by atoms with Gasteiger partial charge in [-0.2, -0.15) is 0 Å². The number of esters is 1. The summed E-state index contributed by atoms with van der Waals surface area (Å²) < 4.78 is 10.7. The van der Waals surface area contributed by atoms with Gasteiger partial charge in [0.1, 0.15) is 11.3 Å². The number of ether oxygens (including phenoxy) is 1. The van der Waals surface area contributed by atoms with Crippen molar-refractivity contribution in [3.8, 4) is 0 Å². The second-order valence-corrected chi connectivity index (χ2v) is 6.63. The zero-order valence-electron chi connectivity index (χ0n) is 16.5. The molecule has 0 aliphatic heterocycles. The molecule has 3 N–H and O–H groups in total. The van der Waals surface area contributed by atoms with Crippen LogP contribution in [0.5, 0.6) is 0 Å². The summed E-state index contributed by atoms with van der Waals surface area (Å²) in [5, 5.41) is 8.86. The second kappa shape index (κ2) is 10.1. The van der Waals surface area contributed by atoms with Crippen molar-refractivity contribution in [2.45, 2.75) is 19.4 Å². The number of benzene rings is 2. The summed E-state index contributed by atoms with van der Waals surface area (Å²) in [4.78, 5) is 35.5. The smallest absolute Gasteiger partial charge is 0.319 e. The van der Waals surface area contributed by atoms with Crippen molar-refractivity contribution in [2.24, 2.45) is 0 Å². The molecule has 3 rings (SSSR count). The molecule has 30 heavy (non-hydrogen) atoms. The Morgan fingerprint density at radius 3 is 2.53 bits per heavy atom. The van der Waals surface area contributed by atoms with E-state index in [9.17, 15) is 14.4 Å². The minimum absolute atomic E-state index is 0.0470. The number of hydrogen-bond acceptors (Lipinski definition) is 5. The van der Waals surface area contributed by atoms with E-state index in [-0.39, 0.29) is 19.0 Å². The molecule has 1 heterocycles. The van der Waals surface area contributed by atoms with E-state index in [1.807, 2.05) is 36.4 Å². The Labute approximate surface area is 173 Å². The molecule has 0 aliphatic carbocycles. The van der Waals surface area contributed by atoms with Crippen molar-refractivity contribution in [3.05, 3.63) is 66.4 Å². The minimum Gasteiger partial charge on any atom is -0.459 e. The molecule has 8 nitrogen and oxygen atoms in total. The number of anilines is 1. The van der Waals surface area contributed by atoms with Gasteiger partial charge in [-0.15, -0.1) is 0 Å². The van der Waals surface area contributed by atoms with E-state index in [0.717, 1.165) is 11.0 Å². The van der Waals surface area contributed by atoms with Crippen molar-refractivity contribution in [1.29, 1.82) is 0 Å². The van der Waals surface area contributed by atoms with Gasteiger partial charge in [0.25, 0.3) is 5.91 Å². The van der Waals surface area contributed by atoms with E-state index in [4.69, 9.17) is 9.15 Å². The second-order valence-electron chi connectivity index (χ2n) is 6.63. The molecule has 1 atom stereocenters. The lowest BCUT2D eigenvalue weighted by Crippen LogP contribution is -2.33. The maximum absolute atomic E-state index is 12.0. The predicted molar refractivity (Wildman–Crippen MR) is 112 cm³/mol. The number of carbonyl (C=O) groups is 3. The third-order valence-electron chi connectivity index (χ3n) is 4.26. The van der Waals surface area contributed by atoms with Crippen LogP contribution < -0.4 is 16.0 Å². The summed E-state index contributed by atoms with van der Waals surface area (Å²) in [6.45, 7) is 1.47. The number of furan rings is 1. The lowest BCUT2D eigenvalue weighted by atomic mass is 10.2. The number of hydrogen-bond donors (Lipinski definition) is 3. The number of carbonyl (C=O) groups excluding carboxylic acids is 3. The lowest BCUT2D eigenvalue weighted by molar-refractivity contribution is -0.148. The maximum Gasteiger partial charge on any atom is 0.319 e. The summed E-state index contributed by atoms with van der Waals surface area (Å²) in [6.07, 6.45) is -0.0470. The fourth-order valence-electron chi connectivity index (χ4n) is 2.76. The van der Waals surface area contributed by atoms with E-state index in [0.29, 0.717) is 11.4 Å². The standard InChI is InChI=1S/C22H23N3O5/c1-15(19-13-16-7-5-6-10-18(16)30-19)24-20(26)14-29-21(27)11-12-23-22(28)25-17-8-3-2-4-9-17/h2-10,13,15H,11-12,14H2,1H3,(H,24,26)(H2,23,25,28)/t15-/m1/s1. The number of fused-ring (bicyclic) bond motifs is 1. The molecule has 0 saturated heterocycles. The molecule has 3 amide bonds. The van der Waals surface area contributed by atoms with Gasteiger partial charge in [0.15, 0.2) is 6.61 Å². The molecule has 0 spiro atoms. The van der Waals surface area contributed by atoms with Crippen LogP contribution in [-0.2, 0) is 14.3 Å². The lowest BCUT2D eigenvalue weighted by Gasteiger charge is -2.12. The number of nitrogens with one attached hydrogen (secondary N) is 3. The Morgan fingerprint density at radius 2 is 1.77 bits per heavy atom. The van der Waals surface area contributed by atoms with Crippen LogP contribution in [0.15, 0.2) is 65.1 Å². The van der Waals surface area contributed by atoms with Gasteiger partial charge in [0.2, 0.25) is 0 Å². The van der Waals surface area contributed by atoms with E-state index in [2.05, 4.69) is 16.0 Å². The molecule has 0 bridgehead atoms. The Balaban J connectivity index is 1.34. The maximum atomic E-state index is 12.0. The molecule has 0 aliphatic rings. The zero-order chi connectivity index (χ0) is 21.3. The highest BCUT2D eigenvalue weighted by Gasteiger charge is 2.15. The van der Waals surface area contributed by atoms with Crippen LogP contribution in [0.4, 0.5) is 10.5 Å². The number of amides is 3. The van der Waals surface area contributed by atoms with Gasteiger partial charge in [-0.25, -0.2) is 4.79 Å². The summed E-state index contributed by atoms with van der Waals surface area (Å²) in [7, 11) is 0. The first-order chi connectivity index (χ1) is 14.5. The zero-order valence-corrected chi connectivity index (χ0v) is 16.5. The molecule has 0 saturated carbocycles. The van der Waals surface area contributed by atoms with E-state index < -0.39 is 24.5 Å². The van der Waals surface area contributed by atoms with E-state index in [1.165, 1.54) is 0 Å². The summed E-state index contributed by atoms with van der Waals surface area (Å²) in [6, 6.07) is 17.6. The monoisotopic (exact) mass is 409 g/mol. The van der Waals surface area contributed by atoms with Gasteiger partial charge in [0.05, 0.1) is 12.5 Å². The van der Waals surface area contributed by atoms with Crippen molar-refractivity contribution in [1.82, 2.24) is 10.6 Å². The average molecular weight is 409 g/mol. The van der Waals surface area contributed by atoms with Crippen LogP contribution in [0.2, 0.25) is 0 Å². The third-order valence-corrected chi connectivity index (χ3v) is 4.26. The highest BCUT2D eigenvalue weighted by atomic mass is 16.5. The SMILES string of the molecule is C[C@@H](NC(=O)COC(=O)CCNC(=O)Nc1ccccc1)c1cc2ccccc2o1. The van der Waals surface area contributed by atoms with Crippen LogP contribution in [-0.4, -0.2) is 31.1 Å². The van der Waals surface area contributed by atoms with Gasteiger partial charge >= 0.3 is 12.0 Å². The number of rotatable bonds is 8. The fraction of sp³-hybridized carbons (Fsp3) is 0.227. The molecule has 0 unspecified atom stereocenters. The van der Waals surface area contributed by atoms with E-state index in [1.54, 1.807) is 31.2 Å². The number of urea groups is 1. The van der Waals surface area contributed by atoms with Crippen molar-refractivity contribution in [3.63, 3.8) is 0 Å². The predicted octanol–water partition coefficient (Wildman–Crippen LogP) is 3.37. The summed E-state index contributed by atoms with van der Waals surface area (Å²) in [5.41, 5.74) is 1.39. The van der Waals surface area contributed by atoms with Crippen LogP contribution in [0.1, 0.15) is 25.1 Å². The van der Waals surface area contributed by atoms with Crippen LogP contribution >= 0.6 is 0 Å². The first kappa shape index (κ1) is 20.9. The highest BCUT2D eigenvalue weighted by Crippen LogP contribution is 2.23. The fourth-order valence-corrected chi connectivity index (χ4v) is 2.76. The molecule has 2 aromatic carbocycles.